The van der Waals surface area contributed by atoms with Crippen LogP contribution in [0.3, 0.4) is 0 Å². The van der Waals surface area contributed by atoms with Gasteiger partial charge in [0.15, 0.2) is 0 Å². The van der Waals surface area contributed by atoms with Gasteiger partial charge in [-0.05, 0) is 24.3 Å². The summed E-state index contributed by atoms with van der Waals surface area (Å²) in [6, 6.07) is 13.6. The third-order valence-corrected chi connectivity index (χ3v) is 3.83. The van der Waals surface area contributed by atoms with Gasteiger partial charge in [-0.2, -0.15) is 0 Å². The van der Waals surface area contributed by atoms with E-state index in [2.05, 4.69) is 20.9 Å². The van der Waals surface area contributed by atoms with E-state index in [1.165, 1.54) is 0 Å². The zero-order chi connectivity index (χ0) is 13.4. The molecule has 2 aromatic carbocycles. The normalized spacial score (nSPS) is 10.3. The first-order valence-electron chi connectivity index (χ1n) is 5.75. The Morgan fingerprint density at radius 1 is 1.10 bits per heavy atom. The SMILES string of the molecule is N.Nc1cnc2ccc(Br)cc2c1-c1ccccc1Cl. The lowest BCUT2D eigenvalue weighted by molar-refractivity contribution is 1.41. The summed E-state index contributed by atoms with van der Waals surface area (Å²) in [7, 11) is 0. The topological polar surface area (TPSA) is 73.9 Å². The van der Waals surface area contributed by atoms with Gasteiger partial charge >= 0.3 is 0 Å². The number of hydrogen-bond acceptors (Lipinski definition) is 3. The molecule has 0 saturated heterocycles. The van der Waals surface area contributed by atoms with Crippen LogP contribution < -0.4 is 11.9 Å². The summed E-state index contributed by atoms with van der Waals surface area (Å²) >= 11 is 9.76. The molecule has 0 radical (unpaired) electrons. The molecule has 0 saturated carbocycles. The second kappa shape index (κ2) is 5.79. The number of benzene rings is 2. The zero-order valence-corrected chi connectivity index (χ0v) is 12.9. The highest BCUT2D eigenvalue weighted by atomic mass is 79.9. The average Bonchev–Trinajstić information content (AvgIpc) is 2.40. The van der Waals surface area contributed by atoms with Crippen LogP contribution in [0, 0.1) is 0 Å². The van der Waals surface area contributed by atoms with Crippen LogP contribution in [0.4, 0.5) is 5.69 Å². The number of rotatable bonds is 1. The summed E-state index contributed by atoms with van der Waals surface area (Å²) in [5.74, 6) is 0. The fourth-order valence-corrected chi connectivity index (χ4v) is 2.74. The first kappa shape index (κ1) is 14.8. The third kappa shape index (κ3) is 2.50. The Morgan fingerprint density at radius 3 is 2.60 bits per heavy atom. The maximum Gasteiger partial charge on any atom is 0.0710 e. The Morgan fingerprint density at radius 2 is 1.85 bits per heavy atom. The van der Waals surface area contributed by atoms with E-state index in [-0.39, 0.29) is 6.15 Å². The van der Waals surface area contributed by atoms with Crippen LogP contribution in [0.5, 0.6) is 0 Å². The highest BCUT2D eigenvalue weighted by molar-refractivity contribution is 9.10. The van der Waals surface area contributed by atoms with Crippen molar-refractivity contribution < 1.29 is 0 Å². The fraction of sp³-hybridized carbons (Fsp3) is 0. The minimum atomic E-state index is 0. The van der Waals surface area contributed by atoms with Crippen molar-refractivity contribution in [2.75, 3.05) is 5.73 Å². The number of nitrogens with two attached hydrogens (primary N) is 1. The zero-order valence-electron chi connectivity index (χ0n) is 10.6. The maximum absolute atomic E-state index is 6.28. The summed E-state index contributed by atoms with van der Waals surface area (Å²) in [6.07, 6.45) is 1.68. The lowest BCUT2D eigenvalue weighted by atomic mass is 10.00. The number of nitrogen functional groups attached to an aromatic ring is 1. The monoisotopic (exact) mass is 349 g/mol. The Kier molecular flexibility index (Phi) is 4.28. The van der Waals surface area contributed by atoms with Crippen molar-refractivity contribution in [2.45, 2.75) is 0 Å². The Hall–Kier alpha value is -1.62. The molecule has 3 rings (SSSR count). The quantitative estimate of drug-likeness (QED) is 0.644. The molecule has 1 heterocycles. The third-order valence-electron chi connectivity index (χ3n) is 3.00. The van der Waals surface area contributed by atoms with Gasteiger partial charge in [0.25, 0.3) is 0 Å². The van der Waals surface area contributed by atoms with Crippen molar-refractivity contribution in [3.63, 3.8) is 0 Å². The fourth-order valence-electron chi connectivity index (χ4n) is 2.14. The van der Waals surface area contributed by atoms with E-state index in [9.17, 15) is 0 Å². The molecule has 0 fully saturated rings. The van der Waals surface area contributed by atoms with Gasteiger partial charge in [-0.15, -0.1) is 0 Å². The van der Waals surface area contributed by atoms with Gasteiger partial charge in [-0.1, -0.05) is 45.7 Å². The average molecular weight is 351 g/mol. The first-order chi connectivity index (χ1) is 9.16. The molecule has 0 aliphatic heterocycles. The largest absolute Gasteiger partial charge is 0.397 e. The smallest absolute Gasteiger partial charge is 0.0710 e. The van der Waals surface area contributed by atoms with Crippen LogP contribution in [-0.4, -0.2) is 4.98 Å². The number of fused-ring (bicyclic) bond motifs is 1. The Bertz CT molecular complexity index is 769. The maximum atomic E-state index is 6.28. The molecule has 5 N–H and O–H groups in total. The molecule has 0 aliphatic rings. The molecular weight excluding hydrogens is 338 g/mol. The number of nitrogens with zero attached hydrogens (tertiary/aromatic N) is 1. The van der Waals surface area contributed by atoms with E-state index in [1.54, 1.807) is 6.20 Å². The number of pyridine rings is 1. The highest BCUT2D eigenvalue weighted by Crippen LogP contribution is 2.37. The molecule has 102 valence electrons. The number of aromatic nitrogens is 1. The first-order valence-corrected chi connectivity index (χ1v) is 6.92. The van der Waals surface area contributed by atoms with E-state index in [0.717, 1.165) is 26.5 Å². The van der Waals surface area contributed by atoms with Gasteiger partial charge in [0.2, 0.25) is 0 Å². The molecule has 0 amide bonds. The van der Waals surface area contributed by atoms with Crippen LogP contribution in [0.1, 0.15) is 0 Å². The molecule has 0 aliphatic carbocycles. The summed E-state index contributed by atoms with van der Waals surface area (Å²) < 4.78 is 0.987. The summed E-state index contributed by atoms with van der Waals surface area (Å²) in [5.41, 5.74) is 9.47. The van der Waals surface area contributed by atoms with Crippen molar-refractivity contribution in [2.24, 2.45) is 0 Å². The van der Waals surface area contributed by atoms with Crippen LogP contribution in [0.15, 0.2) is 53.1 Å². The van der Waals surface area contributed by atoms with Crippen molar-refractivity contribution in [3.05, 3.63) is 58.2 Å². The van der Waals surface area contributed by atoms with Crippen LogP contribution >= 0.6 is 27.5 Å². The van der Waals surface area contributed by atoms with Crippen LogP contribution in [0.2, 0.25) is 5.02 Å². The van der Waals surface area contributed by atoms with Crippen molar-refractivity contribution in [1.29, 1.82) is 0 Å². The second-order valence-electron chi connectivity index (χ2n) is 4.23. The molecule has 3 aromatic rings. The van der Waals surface area contributed by atoms with E-state index in [1.807, 2.05) is 42.5 Å². The van der Waals surface area contributed by atoms with E-state index < -0.39 is 0 Å². The van der Waals surface area contributed by atoms with Gasteiger partial charge in [0, 0.05) is 26.0 Å². The van der Waals surface area contributed by atoms with Gasteiger partial charge < -0.3 is 11.9 Å². The minimum Gasteiger partial charge on any atom is -0.397 e. The van der Waals surface area contributed by atoms with E-state index >= 15 is 0 Å². The van der Waals surface area contributed by atoms with Crippen molar-refractivity contribution in [3.8, 4) is 11.1 Å². The standard InChI is InChI=1S/C15H10BrClN2.H3N/c16-9-5-6-14-11(7-9)15(13(18)8-19-14)10-3-1-2-4-12(10)17;/h1-8H,18H2;1H3. The van der Waals surface area contributed by atoms with Crippen LogP contribution in [0.25, 0.3) is 22.0 Å². The summed E-state index contributed by atoms with van der Waals surface area (Å²) in [6.45, 7) is 0. The number of anilines is 1. The van der Waals surface area contributed by atoms with Gasteiger partial charge in [-0.3, -0.25) is 4.98 Å². The van der Waals surface area contributed by atoms with Gasteiger partial charge in [0.05, 0.1) is 17.4 Å². The van der Waals surface area contributed by atoms with E-state index in [4.69, 9.17) is 17.3 Å². The Labute approximate surface area is 130 Å². The van der Waals surface area contributed by atoms with Gasteiger partial charge in [-0.25, -0.2) is 0 Å². The van der Waals surface area contributed by atoms with Crippen molar-refractivity contribution >= 4 is 44.1 Å². The van der Waals surface area contributed by atoms with Crippen molar-refractivity contribution in [1.82, 2.24) is 11.1 Å². The Balaban J connectivity index is 0.00000147. The summed E-state index contributed by atoms with van der Waals surface area (Å²) in [4.78, 5) is 4.35. The molecule has 20 heavy (non-hydrogen) atoms. The van der Waals surface area contributed by atoms with Gasteiger partial charge in [0.1, 0.15) is 0 Å². The number of hydrogen-bond donors (Lipinski definition) is 2. The number of halogens is 2. The molecule has 0 bridgehead atoms. The van der Waals surface area contributed by atoms with Crippen LogP contribution in [-0.2, 0) is 0 Å². The molecule has 0 unspecified atom stereocenters. The second-order valence-corrected chi connectivity index (χ2v) is 5.55. The predicted molar refractivity (Wildman–Crippen MR) is 89.3 cm³/mol. The molecule has 3 nitrogen and oxygen atoms in total. The molecule has 5 heteroatoms. The molecule has 0 spiro atoms. The molecule has 1 aromatic heterocycles. The lowest BCUT2D eigenvalue weighted by Gasteiger charge is -2.11. The van der Waals surface area contributed by atoms with E-state index in [0.29, 0.717) is 10.7 Å². The molecular formula is C15H13BrClN3. The minimum absolute atomic E-state index is 0. The summed E-state index contributed by atoms with van der Waals surface area (Å²) in [5, 5.41) is 1.67. The molecule has 0 atom stereocenters. The predicted octanol–water partition coefficient (Wildman–Crippen LogP) is 5.06. The lowest BCUT2D eigenvalue weighted by Crippen LogP contribution is -1.94. The highest BCUT2D eigenvalue weighted by Gasteiger charge is 2.12.